The third kappa shape index (κ3) is 2.99. The van der Waals surface area contributed by atoms with Crippen LogP contribution in [0.5, 0.6) is 0 Å². The van der Waals surface area contributed by atoms with Crippen molar-refractivity contribution >= 4 is 38.3 Å². The number of carbonyl (C=O) groups excluding carboxylic acids is 1. The highest BCUT2D eigenvalue weighted by atomic mass is 79.9. The van der Waals surface area contributed by atoms with Gasteiger partial charge >= 0.3 is 0 Å². The van der Waals surface area contributed by atoms with Crippen molar-refractivity contribution in [1.29, 1.82) is 5.26 Å². The Morgan fingerprint density at radius 2 is 2.20 bits per heavy atom. The Hall–Kier alpha value is -2.10. The minimum atomic E-state index is 0.188. The highest BCUT2D eigenvalue weighted by Gasteiger charge is 2.26. The lowest BCUT2D eigenvalue weighted by Crippen LogP contribution is -2.19. The van der Waals surface area contributed by atoms with E-state index in [0.717, 1.165) is 45.4 Å². The van der Waals surface area contributed by atoms with Crippen LogP contribution in [0.15, 0.2) is 52.2 Å². The summed E-state index contributed by atoms with van der Waals surface area (Å²) in [6.45, 7) is 0. The van der Waals surface area contributed by atoms with Crippen molar-refractivity contribution in [2.24, 2.45) is 5.92 Å². The maximum atomic E-state index is 12.4. The normalized spacial score (nSPS) is 14.2. The predicted molar refractivity (Wildman–Crippen MR) is 101 cm³/mol. The van der Waals surface area contributed by atoms with Gasteiger partial charge in [0.25, 0.3) is 0 Å². The summed E-state index contributed by atoms with van der Waals surface area (Å²) in [7, 11) is 0. The number of hydrogen-bond donors (Lipinski definition) is 0. The standard InChI is InChI=1S/C19H14BrN3OS/c20-14-8-17-13(9-21)4-5-16(23(17)11-14)15-10-22-7-6-18(15)25-19(24)12-2-1-3-12/h4-8,10-12H,1-3H2. The minimum absolute atomic E-state index is 0.188. The molecule has 3 aromatic rings. The predicted octanol–water partition coefficient (Wildman–Crippen LogP) is 5.05. The molecule has 0 radical (unpaired) electrons. The molecule has 124 valence electrons. The van der Waals surface area contributed by atoms with E-state index in [2.05, 4.69) is 27.0 Å². The van der Waals surface area contributed by atoms with Crippen molar-refractivity contribution in [2.45, 2.75) is 24.2 Å². The van der Waals surface area contributed by atoms with Gasteiger partial charge in [0.15, 0.2) is 5.12 Å². The number of nitriles is 1. The molecule has 1 saturated carbocycles. The van der Waals surface area contributed by atoms with Crippen molar-refractivity contribution < 1.29 is 4.79 Å². The zero-order chi connectivity index (χ0) is 17.4. The number of pyridine rings is 2. The molecule has 1 aliphatic rings. The van der Waals surface area contributed by atoms with Gasteiger partial charge in [-0.25, -0.2) is 0 Å². The van der Waals surface area contributed by atoms with Crippen molar-refractivity contribution in [3.63, 3.8) is 0 Å². The zero-order valence-corrected chi connectivity index (χ0v) is 15.7. The van der Waals surface area contributed by atoms with E-state index >= 15 is 0 Å². The summed E-state index contributed by atoms with van der Waals surface area (Å²) in [5.74, 6) is 0.188. The fourth-order valence-electron chi connectivity index (χ4n) is 2.98. The summed E-state index contributed by atoms with van der Waals surface area (Å²) in [5.41, 5.74) is 3.25. The number of thioether (sulfide) groups is 1. The van der Waals surface area contributed by atoms with Gasteiger partial charge in [-0.15, -0.1) is 0 Å². The molecule has 1 aliphatic carbocycles. The molecule has 3 aromatic heterocycles. The van der Waals surface area contributed by atoms with E-state index in [1.54, 1.807) is 12.4 Å². The second-order valence-electron chi connectivity index (χ2n) is 6.08. The average Bonchev–Trinajstić information content (AvgIpc) is 2.94. The molecule has 3 heterocycles. The van der Waals surface area contributed by atoms with E-state index in [4.69, 9.17) is 0 Å². The van der Waals surface area contributed by atoms with Crippen LogP contribution in [0.25, 0.3) is 16.8 Å². The Bertz CT molecular complexity index is 1020. The molecule has 4 rings (SSSR count). The number of carbonyl (C=O) groups is 1. The number of fused-ring (bicyclic) bond motifs is 1. The Kier molecular flexibility index (Phi) is 4.36. The monoisotopic (exact) mass is 411 g/mol. The van der Waals surface area contributed by atoms with Gasteiger partial charge in [-0.2, -0.15) is 5.26 Å². The molecule has 25 heavy (non-hydrogen) atoms. The molecular formula is C19H14BrN3OS. The van der Waals surface area contributed by atoms with Crippen LogP contribution in [0.4, 0.5) is 0 Å². The van der Waals surface area contributed by atoms with Gasteiger partial charge in [0, 0.05) is 39.4 Å². The first-order valence-corrected chi connectivity index (χ1v) is 9.65. The highest BCUT2D eigenvalue weighted by molar-refractivity contribution is 9.10. The second kappa shape index (κ2) is 6.66. The Morgan fingerprint density at radius 3 is 2.92 bits per heavy atom. The zero-order valence-electron chi connectivity index (χ0n) is 13.3. The molecule has 0 saturated heterocycles. The van der Waals surface area contributed by atoms with Crippen LogP contribution in [-0.2, 0) is 4.79 Å². The van der Waals surface area contributed by atoms with Gasteiger partial charge in [-0.05, 0) is 53.0 Å². The summed E-state index contributed by atoms with van der Waals surface area (Å²) < 4.78 is 2.87. The van der Waals surface area contributed by atoms with E-state index in [0.29, 0.717) is 5.56 Å². The first-order chi connectivity index (χ1) is 12.2. The molecular weight excluding hydrogens is 398 g/mol. The molecule has 0 aromatic carbocycles. The minimum Gasteiger partial charge on any atom is -0.314 e. The number of aromatic nitrogens is 2. The number of nitrogens with zero attached hydrogens (tertiary/aromatic N) is 3. The van der Waals surface area contributed by atoms with Gasteiger partial charge < -0.3 is 4.40 Å². The first-order valence-electron chi connectivity index (χ1n) is 8.04. The summed E-state index contributed by atoms with van der Waals surface area (Å²) in [5, 5.41) is 9.57. The molecule has 0 bridgehead atoms. The van der Waals surface area contributed by atoms with Crippen molar-refractivity contribution in [1.82, 2.24) is 9.38 Å². The smallest absolute Gasteiger partial charge is 0.196 e. The van der Waals surface area contributed by atoms with Crippen molar-refractivity contribution in [3.05, 3.63) is 52.9 Å². The van der Waals surface area contributed by atoms with Crippen molar-refractivity contribution in [2.75, 3.05) is 0 Å². The average molecular weight is 412 g/mol. The van der Waals surface area contributed by atoms with Crippen LogP contribution >= 0.6 is 27.7 Å². The van der Waals surface area contributed by atoms with E-state index in [-0.39, 0.29) is 11.0 Å². The lowest BCUT2D eigenvalue weighted by molar-refractivity contribution is -0.116. The van der Waals surface area contributed by atoms with E-state index in [1.807, 2.05) is 34.9 Å². The van der Waals surface area contributed by atoms with Crippen LogP contribution in [-0.4, -0.2) is 14.5 Å². The largest absolute Gasteiger partial charge is 0.314 e. The maximum absolute atomic E-state index is 12.4. The second-order valence-corrected chi connectivity index (χ2v) is 8.04. The lowest BCUT2D eigenvalue weighted by atomic mass is 9.87. The molecule has 0 spiro atoms. The summed E-state index contributed by atoms with van der Waals surface area (Å²) in [6.07, 6.45) is 8.57. The molecule has 0 unspecified atom stereocenters. The Morgan fingerprint density at radius 1 is 1.36 bits per heavy atom. The number of halogens is 1. The number of hydrogen-bond acceptors (Lipinski definition) is 4. The van der Waals surface area contributed by atoms with Crippen LogP contribution in [0.2, 0.25) is 0 Å². The maximum Gasteiger partial charge on any atom is 0.196 e. The Labute approximate surface area is 158 Å². The van der Waals surface area contributed by atoms with Crippen LogP contribution in [0.3, 0.4) is 0 Å². The lowest BCUT2D eigenvalue weighted by Gasteiger charge is -2.23. The first kappa shape index (κ1) is 16.4. The fraction of sp³-hybridized carbons (Fsp3) is 0.211. The third-order valence-corrected chi connectivity index (χ3v) is 6.10. The molecule has 1 fully saturated rings. The van der Waals surface area contributed by atoms with Crippen molar-refractivity contribution in [3.8, 4) is 17.3 Å². The summed E-state index contributed by atoms with van der Waals surface area (Å²) in [6, 6.07) is 9.75. The highest BCUT2D eigenvalue weighted by Crippen LogP contribution is 2.38. The van der Waals surface area contributed by atoms with Gasteiger partial charge in [0.05, 0.1) is 16.8 Å². The number of rotatable bonds is 3. The van der Waals surface area contributed by atoms with Gasteiger partial charge in [0.1, 0.15) is 6.07 Å². The fourth-order valence-corrected chi connectivity index (χ4v) is 4.41. The topological polar surface area (TPSA) is 58.2 Å². The molecule has 6 heteroatoms. The summed E-state index contributed by atoms with van der Waals surface area (Å²) in [4.78, 5) is 17.6. The van der Waals surface area contributed by atoms with E-state index in [1.165, 1.54) is 11.8 Å². The molecule has 0 amide bonds. The van der Waals surface area contributed by atoms with E-state index in [9.17, 15) is 10.1 Å². The van der Waals surface area contributed by atoms with Crippen LogP contribution in [0, 0.1) is 17.2 Å². The molecule has 4 nitrogen and oxygen atoms in total. The van der Waals surface area contributed by atoms with Gasteiger partial charge in [-0.3, -0.25) is 9.78 Å². The van der Waals surface area contributed by atoms with E-state index < -0.39 is 0 Å². The molecule has 0 atom stereocenters. The third-order valence-electron chi connectivity index (χ3n) is 4.56. The Balaban J connectivity index is 1.81. The van der Waals surface area contributed by atoms with Crippen LogP contribution in [0.1, 0.15) is 24.8 Å². The summed E-state index contributed by atoms with van der Waals surface area (Å²) >= 11 is 4.79. The van der Waals surface area contributed by atoms with Gasteiger partial charge in [-0.1, -0.05) is 18.2 Å². The molecule has 0 aliphatic heterocycles. The quantitative estimate of drug-likeness (QED) is 0.565. The van der Waals surface area contributed by atoms with Gasteiger partial charge in [0.2, 0.25) is 0 Å². The molecule has 0 N–H and O–H groups in total. The van der Waals surface area contributed by atoms with Crippen LogP contribution < -0.4 is 0 Å². The SMILES string of the molecule is N#Cc1ccc(-c2cnccc2SC(=O)C2CCC2)n2cc(Br)cc12.